The van der Waals surface area contributed by atoms with Gasteiger partial charge in [0.1, 0.15) is 5.51 Å². The van der Waals surface area contributed by atoms with Gasteiger partial charge >= 0.3 is 6.03 Å². The lowest BCUT2D eigenvalue weighted by molar-refractivity contribution is 0.189. The van der Waals surface area contributed by atoms with Gasteiger partial charge in [0.25, 0.3) is 0 Å². The Labute approximate surface area is 84.7 Å². The molecule has 2 N–H and O–H groups in total. The summed E-state index contributed by atoms with van der Waals surface area (Å²) in [5.74, 6) is 0. The van der Waals surface area contributed by atoms with Crippen LogP contribution in [0.15, 0.2) is 5.51 Å². The molecule has 1 fully saturated rings. The molecular weight excluding hydrogens is 204 g/mol. The van der Waals surface area contributed by atoms with Gasteiger partial charge in [-0.1, -0.05) is 11.3 Å². The van der Waals surface area contributed by atoms with E-state index in [2.05, 4.69) is 20.8 Å². The fourth-order valence-corrected chi connectivity index (χ4v) is 1.63. The second kappa shape index (κ2) is 4.34. The minimum absolute atomic E-state index is 0.114. The monoisotopic (exact) mass is 214 g/mol. The number of amides is 2. The first-order valence-electron chi connectivity index (χ1n) is 4.26. The number of ether oxygens (including phenoxy) is 1. The van der Waals surface area contributed by atoms with Crippen LogP contribution in [-0.4, -0.2) is 35.5 Å². The molecule has 0 bridgehead atoms. The molecule has 1 aromatic heterocycles. The Kier molecular flexibility index (Phi) is 2.90. The zero-order chi connectivity index (χ0) is 9.80. The van der Waals surface area contributed by atoms with Crippen LogP contribution in [0.4, 0.5) is 9.93 Å². The summed E-state index contributed by atoms with van der Waals surface area (Å²) >= 11 is 1.28. The SMILES string of the molecule is O=C(Nc1nncs1)NC1CCOC1. The quantitative estimate of drug-likeness (QED) is 0.749. The molecule has 14 heavy (non-hydrogen) atoms. The molecular formula is C7H10N4O2S. The summed E-state index contributed by atoms with van der Waals surface area (Å²) in [6.45, 7) is 1.30. The lowest BCUT2D eigenvalue weighted by Gasteiger charge is -2.09. The highest BCUT2D eigenvalue weighted by Gasteiger charge is 2.17. The number of anilines is 1. The number of nitrogens with one attached hydrogen (secondary N) is 2. The maximum atomic E-state index is 11.3. The van der Waals surface area contributed by atoms with Gasteiger partial charge in [-0.25, -0.2) is 4.79 Å². The van der Waals surface area contributed by atoms with Crippen LogP contribution in [0.2, 0.25) is 0 Å². The standard InChI is InChI=1S/C7H10N4O2S/c12-6(9-5-1-2-13-3-5)10-7-11-8-4-14-7/h4-5H,1-3H2,(H2,9,10,11,12). The fraction of sp³-hybridized carbons (Fsp3) is 0.571. The van der Waals surface area contributed by atoms with E-state index in [1.54, 1.807) is 5.51 Å². The van der Waals surface area contributed by atoms with Crippen LogP contribution in [0.5, 0.6) is 0 Å². The Morgan fingerprint density at radius 1 is 1.71 bits per heavy atom. The van der Waals surface area contributed by atoms with Crippen molar-refractivity contribution in [2.45, 2.75) is 12.5 Å². The van der Waals surface area contributed by atoms with E-state index in [0.717, 1.165) is 6.42 Å². The molecule has 0 aromatic carbocycles. The highest BCUT2D eigenvalue weighted by atomic mass is 32.1. The van der Waals surface area contributed by atoms with E-state index in [0.29, 0.717) is 18.3 Å². The first-order chi connectivity index (χ1) is 6.84. The molecule has 0 aliphatic carbocycles. The Morgan fingerprint density at radius 2 is 2.64 bits per heavy atom. The van der Waals surface area contributed by atoms with Gasteiger partial charge in [-0.2, -0.15) is 0 Å². The number of urea groups is 1. The summed E-state index contributed by atoms with van der Waals surface area (Å²) in [6, 6.07) is -0.139. The maximum Gasteiger partial charge on any atom is 0.321 e. The molecule has 0 saturated carbocycles. The van der Waals surface area contributed by atoms with Crippen molar-refractivity contribution in [2.75, 3.05) is 18.5 Å². The third-order valence-corrected chi connectivity index (χ3v) is 2.45. The smallest absolute Gasteiger partial charge is 0.321 e. The van der Waals surface area contributed by atoms with E-state index in [4.69, 9.17) is 4.74 Å². The van der Waals surface area contributed by atoms with Crippen molar-refractivity contribution in [3.05, 3.63) is 5.51 Å². The van der Waals surface area contributed by atoms with Gasteiger partial charge in [0.2, 0.25) is 5.13 Å². The van der Waals surface area contributed by atoms with Gasteiger partial charge in [0.05, 0.1) is 12.6 Å². The van der Waals surface area contributed by atoms with Crippen molar-refractivity contribution in [1.82, 2.24) is 15.5 Å². The topological polar surface area (TPSA) is 76.1 Å². The number of carbonyl (C=O) groups is 1. The summed E-state index contributed by atoms with van der Waals surface area (Å²) in [7, 11) is 0. The molecule has 2 rings (SSSR count). The number of nitrogens with zero attached hydrogens (tertiary/aromatic N) is 2. The molecule has 0 spiro atoms. The minimum atomic E-state index is -0.253. The summed E-state index contributed by atoms with van der Waals surface area (Å²) in [6.07, 6.45) is 0.865. The first kappa shape index (κ1) is 9.35. The average Bonchev–Trinajstić information content (AvgIpc) is 2.76. The molecule has 1 atom stereocenters. The van der Waals surface area contributed by atoms with Crippen LogP contribution in [0.1, 0.15) is 6.42 Å². The molecule has 0 radical (unpaired) electrons. The van der Waals surface area contributed by atoms with Crippen LogP contribution >= 0.6 is 11.3 Å². The predicted octanol–water partition coefficient (Wildman–Crippen LogP) is 0.448. The predicted molar refractivity (Wildman–Crippen MR) is 51.3 cm³/mol. The summed E-state index contributed by atoms with van der Waals surface area (Å²) < 4.78 is 5.13. The van der Waals surface area contributed by atoms with Crippen molar-refractivity contribution in [3.63, 3.8) is 0 Å². The third-order valence-electron chi connectivity index (χ3n) is 1.85. The highest BCUT2D eigenvalue weighted by Crippen LogP contribution is 2.08. The van der Waals surface area contributed by atoms with Gasteiger partial charge < -0.3 is 10.1 Å². The number of carbonyl (C=O) groups excluding carboxylic acids is 1. The Bertz CT molecular complexity index is 297. The minimum Gasteiger partial charge on any atom is -0.379 e. The average molecular weight is 214 g/mol. The van der Waals surface area contributed by atoms with Crippen LogP contribution in [0, 0.1) is 0 Å². The highest BCUT2D eigenvalue weighted by molar-refractivity contribution is 7.13. The van der Waals surface area contributed by atoms with Gasteiger partial charge in [-0.15, -0.1) is 10.2 Å². The van der Waals surface area contributed by atoms with Crippen LogP contribution in [-0.2, 0) is 4.74 Å². The molecule has 1 saturated heterocycles. The van der Waals surface area contributed by atoms with Crippen LogP contribution in [0.3, 0.4) is 0 Å². The molecule has 1 unspecified atom stereocenters. The van der Waals surface area contributed by atoms with Crippen molar-refractivity contribution >= 4 is 22.5 Å². The molecule has 1 aliphatic rings. The van der Waals surface area contributed by atoms with E-state index in [9.17, 15) is 4.79 Å². The lowest BCUT2D eigenvalue weighted by Crippen LogP contribution is -2.38. The summed E-state index contributed by atoms with van der Waals surface area (Å²) in [5, 5.41) is 13.2. The molecule has 1 aromatic rings. The fourth-order valence-electron chi connectivity index (χ4n) is 1.19. The number of aromatic nitrogens is 2. The molecule has 76 valence electrons. The Balaban J connectivity index is 1.78. The summed E-state index contributed by atoms with van der Waals surface area (Å²) in [5.41, 5.74) is 1.56. The molecule has 7 heteroatoms. The van der Waals surface area contributed by atoms with Gasteiger partial charge in [0.15, 0.2) is 0 Å². The van der Waals surface area contributed by atoms with Gasteiger partial charge in [-0.3, -0.25) is 5.32 Å². The Morgan fingerprint density at radius 3 is 3.29 bits per heavy atom. The zero-order valence-electron chi connectivity index (χ0n) is 7.40. The van der Waals surface area contributed by atoms with E-state index >= 15 is 0 Å². The lowest BCUT2D eigenvalue weighted by atomic mass is 10.3. The van der Waals surface area contributed by atoms with Crippen LogP contribution < -0.4 is 10.6 Å². The van der Waals surface area contributed by atoms with E-state index in [1.165, 1.54) is 11.3 Å². The molecule has 2 heterocycles. The van der Waals surface area contributed by atoms with Crippen molar-refractivity contribution in [2.24, 2.45) is 0 Å². The van der Waals surface area contributed by atoms with Crippen molar-refractivity contribution in [1.29, 1.82) is 0 Å². The first-order valence-corrected chi connectivity index (χ1v) is 5.14. The number of hydrogen-bond donors (Lipinski definition) is 2. The second-order valence-corrected chi connectivity index (χ2v) is 3.74. The third kappa shape index (κ3) is 2.39. The molecule has 1 aliphatic heterocycles. The number of rotatable bonds is 2. The number of hydrogen-bond acceptors (Lipinski definition) is 5. The molecule has 2 amide bonds. The largest absolute Gasteiger partial charge is 0.379 e. The van der Waals surface area contributed by atoms with Crippen LogP contribution in [0.25, 0.3) is 0 Å². The Hall–Kier alpha value is -1.21. The van der Waals surface area contributed by atoms with Gasteiger partial charge in [-0.05, 0) is 6.42 Å². The summed E-state index contributed by atoms with van der Waals surface area (Å²) in [4.78, 5) is 11.3. The van der Waals surface area contributed by atoms with Crippen molar-refractivity contribution in [3.8, 4) is 0 Å². The second-order valence-electron chi connectivity index (χ2n) is 2.90. The molecule has 6 nitrogen and oxygen atoms in total. The van der Waals surface area contributed by atoms with E-state index in [-0.39, 0.29) is 12.1 Å². The zero-order valence-corrected chi connectivity index (χ0v) is 8.21. The van der Waals surface area contributed by atoms with Crippen molar-refractivity contribution < 1.29 is 9.53 Å². The van der Waals surface area contributed by atoms with E-state index in [1.807, 2.05) is 0 Å². The van der Waals surface area contributed by atoms with Gasteiger partial charge in [0, 0.05) is 6.61 Å². The normalized spacial score (nSPS) is 20.7. The van der Waals surface area contributed by atoms with E-state index < -0.39 is 0 Å². The maximum absolute atomic E-state index is 11.3.